The molecule has 2 aromatic rings. The third-order valence-corrected chi connectivity index (χ3v) is 5.96. The number of aryl methyl sites for hydroxylation is 1. The van der Waals surface area contributed by atoms with Gasteiger partial charge in [-0.3, -0.25) is 0 Å². The molecule has 1 aliphatic rings. The van der Waals surface area contributed by atoms with Crippen LogP contribution in [0.3, 0.4) is 0 Å². The number of anilines is 1. The normalized spacial score (nSPS) is 17.2. The van der Waals surface area contributed by atoms with Gasteiger partial charge in [0.2, 0.25) is 0 Å². The lowest BCUT2D eigenvalue weighted by Gasteiger charge is -2.20. The molecule has 5 nitrogen and oxygen atoms in total. The summed E-state index contributed by atoms with van der Waals surface area (Å²) in [5.74, 6) is 2.44. The van der Waals surface area contributed by atoms with Crippen LogP contribution in [-0.4, -0.2) is 39.2 Å². The minimum Gasteiger partial charge on any atom is -0.497 e. The van der Waals surface area contributed by atoms with Gasteiger partial charge in [-0.1, -0.05) is 6.07 Å². The highest BCUT2D eigenvalue weighted by Gasteiger charge is 2.23. The molecule has 27 heavy (non-hydrogen) atoms. The van der Waals surface area contributed by atoms with Gasteiger partial charge >= 0.3 is 0 Å². The van der Waals surface area contributed by atoms with Crippen LogP contribution in [0, 0.1) is 12.8 Å². The number of aliphatic imine (C=N–C) groups is 1. The quantitative estimate of drug-likeness (QED) is 0.563. The summed E-state index contributed by atoms with van der Waals surface area (Å²) in [6.45, 7) is 8.94. The zero-order valence-corrected chi connectivity index (χ0v) is 17.3. The summed E-state index contributed by atoms with van der Waals surface area (Å²) in [5.41, 5.74) is 2.56. The summed E-state index contributed by atoms with van der Waals surface area (Å²) in [7, 11) is 1.72. The van der Waals surface area contributed by atoms with E-state index in [4.69, 9.17) is 9.73 Å². The van der Waals surface area contributed by atoms with E-state index in [1.165, 1.54) is 22.5 Å². The van der Waals surface area contributed by atoms with Gasteiger partial charge in [0.15, 0.2) is 5.96 Å². The molecule has 1 aromatic carbocycles. The van der Waals surface area contributed by atoms with Crippen molar-refractivity contribution in [1.29, 1.82) is 0 Å². The molecule has 0 bridgehead atoms. The number of methoxy groups -OCH3 is 1. The first-order valence-corrected chi connectivity index (χ1v) is 10.5. The van der Waals surface area contributed by atoms with Crippen LogP contribution in [0.1, 0.15) is 23.8 Å². The molecule has 0 amide bonds. The fraction of sp³-hybridized carbons (Fsp3) is 0.476. The van der Waals surface area contributed by atoms with Gasteiger partial charge in [0, 0.05) is 42.8 Å². The lowest BCUT2D eigenvalue weighted by atomic mass is 10.1. The first-order valence-electron chi connectivity index (χ1n) is 9.63. The van der Waals surface area contributed by atoms with Gasteiger partial charge in [-0.25, -0.2) is 4.99 Å². The molecule has 1 unspecified atom stereocenters. The molecule has 1 fully saturated rings. The van der Waals surface area contributed by atoms with Crippen LogP contribution >= 0.6 is 11.3 Å². The van der Waals surface area contributed by atoms with Gasteiger partial charge in [0.05, 0.1) is 13.7 Å². The van der Waals surface area contributed by atoms with Crippen molar-refractivity contribution in [3.8, 4) is 5.75 Å². The number of ether oxygens (including phenoxy) is 1. The highest BCUT2D eigenvalue weighted by molar-refractivity contribution is 7.10. The summed E-state index contributed by atoms with van der Waals surface area (Å²) in [6, 6.07) is 10.5. The Morgan fingerprint density at radius 1 is 1.33 bits per heavy atom. The van der Waals surface area contributed by atoms with Crippen LogP contribution in [-0.2, 0) is 6.54 Å². The first kappa shape index (κ1) is 19.5. The van der Waals surface area contributed by atoms with Gasteiger partial charge in [0.25, 0.3) is 0 Å². The van der Waals surface area contributed by atoms with Crippen LogP contribution in [0.15, 0.2) is 40.7 Å². The fourth-order valence-electron chi connectivity index (χ4n) is 3.34. The van der Waals surface area contributed by atoms with Crippen molar-refractivity contribution in [2.45, 2.75) is 26.8 Å². The van der Waals surface area contributed by atoms with E-state index in [1.54, 1.807) is 18.4 Å². The largest absolute Gasteiger partial charge is 0.497 e. The highest BCUT2D eigenvalue weighted by Crippen LogP contribution is 2.26. The Morgan fingerprint density at radius 2 is 2.22 bits per heavy atom. The Balaban J connectivity index is 1.52. The lowest BCUT2D eigenvalue weighted by molar-refractivity contribution is 0.415. The highest BCUT2D eigenvalue weighted by atomic mass is 32.1. The summed E-state index contributed by atoms with van der Waals surface area (Å²) in [6.07, 6.45) is 1.19. The van der Waals surface area contributed by atoms with Crippen LogP contribution in [0.4, 0.5) is 5.69 Å². The fourth-order valence-corrected chi connectivity index (χ4v) is 4.17. The Bertz CT molecular complexity index is 758. The molecule has 146 valence electrons. The number of hydrogen-bond donors (Lipinski definition) is 2. The molecule has 1 aliphatic heterocycles. The van der Waals surface area contributed by atoms with Crippen molar-refractivity contribution in [2.75, 3.05) is 38.2 Å². The second kappa shape index (κ2) is 9.65. The number of thiophene rings is 1. The van der Waals surface area contributed by atoms with Crippen LogP contribution in [0.2, 0.25) is 0 Å². The maximum absolute atomic E-state index is 5.35. The molecule has 1 saturated heterocycles. The summed E-state index contributed by atoms with van der Waals surface area (Å²) in [5, 5.41) is 9.02. The molecule has 1 atom stereocenters. The molecular weight excluding hydrogens is 356 g/mol. The molecule has 0 spiro atoms. The second-order valence-corrected chi connectivity index (χ2v) is 7.91. The zero-order valence-electron chi connectivity index (χ0n) is 16.5. The molecular formula is C21H30N4OS. The molecule has 6 heteroatoms. The second-order valence-electron chi connectivity index (χ2n) is 6.91. The van der Waals surface area contributed by atoms with Crippen LogP contribution in [0.25, 0.3) is 0 Å². The molecule has 0 aliphatic carbocycles. The number of nitrogens with zero attached hydrogens (tertiary/aromatic N) is 2. The summed E-state index contributed by atoms with van der Waals surface area (Å²) >= 11 is 1.77. The topological polar surface area (TPSA) is 48.9 Å². The Labute approximate surface area is 166 Å². The Hall–Kier alpha value is -2.21. The third kappa shape index (κ3) is 5.39. The van der Waals surface area contributed by atoms with Gasteiger partial charge in [-0.05, 0) is 55.3 Å². The monoisotopic (exact) mass is 386 g/mol. The van der Waals surface area contributed by atoms with Gasteiger partial charge in [-0.15, -0.1) is 11.3 Å². The third-order valence-electron chi connectivity index (χ3n) is 4.96. The number of guanidine groups is 1. The van der Waals surface area contributed by atoms with Crippen LogP contribution in [0.5, 0.6) is 5.75 Å². The lowest BCUT2D eigenvalue weighted by Crippen LogP contribution is -2.40. The van der Waals surface area contributed by atoms with Crippen molar-refractivity contribution in [2.24, 2.45) is 10.9 Å². The Kier molecular flexibility index (Phi) is 6.98. The minimum absolute atomic E-state index is 0.614. The van der Waals surface area contributed by atoms with Crippen molar-refractivity contribution < 1.29 is 4.74 Å². The van der Waals surface area contributed by atoms with Crippen molar-refractivity contribution >= 4 is 23.0 Å². The van der Waals surface area contributed by atoms with E-state index < -0.39 is 0 Å². The smallest absolute Gasteiger partial charge is 0.191 e. The maximum atomic E-state index is 5.35. The number of benzene rings is 1. The maximum Gasteiger partial charge on any atom is 0.191 e. The van der Waals surface area contributed by atoms with Gasteiger partial charge in [-0.2, -0.15) is 0 Å². The van der Waals surface area contributed by atoms with Crippen molar-refractivity contribution in [1.82, 2.24) is 10.6 Å². The number of rotatable bonds is 7. The van der Waals surface area contributed by atoms with Crippen LogP contribution < -0.4 is 20.3 Å². The van der Waals surface area contributed by atoms with E-state index in [0.717, 1.165) is 44.4 Å². The standard InChI is InChI=1S/C21H30N4OS/c1-4-22-21(24-14-20-16(2)9-11-27-20)23-13-17-8-10-25(15-17)18-6-5-7-19(12-18)26-3/h5-7,9,11-12,17H,4,8,10,13-15H2,1-3H3,(H2,22,23,24). The summed E-state index contributed by atoms with van der Waals surface area (Å²) < 4.78 is 5.35. The number of hydrogen-bond acceptors (Lipinski definition) is 4. The van der Waals surface area contributed by atoms with E-state index in [2.05, 4.69) is 59.0 Å². The Morgan fingerprint density at radius 3 is 2.96 bits per heavy atom. The van der Waals surface area contributed by atoms with Gasteiger partial charge in [0.1, 0.15) is 5.75 Å². The van der Waals surface area contributed by atoms with E-state index in [1.807, 2.05) is 6.07 Å². The average molecular weight is 387 g/mol. The van der Waals surface area contributed by atoms with Gasteiger partial charge < -0.3 is 20.3 Å². The molecule has 2 N–H and O–H groups in total. The predicted molar refractivity (Wildman–Crippen MR) is 115 cm³/mol. The van der Waals surface area contributed by atoms with E-state index >= 15 is 0 Å². The van der Waals surface area contributed by atoms with Crippen molar-refractivity contribution in [3.63, 3.8) is 0 Å². The van der Waals surface area contributed by atoms with Crippen molar-refractivity contribution in [3.05, 3.63) is 46.2 Å². The molecule has 1 aromatic heterocycles. The predicted octanol–water partition coefficient (Wildman–Crippen LogP) is 3.65. The first-order chi connectivity index (χ1) is 13.2. The summed E-state index contributed by atoms with van der Waals surface area (Å²) in [4.78, 5) is 8.52. The average Bonchev–Trinajstić information content (AvgIpc) is 3.33. The van der Waals surface area contributed by atoms with E-state index in [9.17, 15) is 0 Å². The van der Waals surface area contributed by atoms with E-state index in [-0.39, 0.29) is 0 Å². The van der Waals surface area contributed by atoms with E-state index in [0.29, 0.717) is 5.92 Å². The minimum atomic E-state index is 0.614. The molecule has 3 rings (SSSR count). The zero-order chi connectivity index (χ0) is 19.1. The molecule has 0 radical (unpaired) electrons. The SMILES string of the molecule is CCNC(=NCc1sccc1C)NCC1CCN(c2cccc(OC)c2)C1. The molecule has 0 saturated carbocycles. The number of nitrogens with one attached hydrogen (secondary N) is 2. The molecule has 2 heterocycles.